The van der Waals surface area contributed by atoms with Crippen molar-refractivity contribution in [2.45, 2.75) is 59.0 Å². The van der Waals surface area contributed by atoms with Gasteiger partial charge >= 0.3 is 16.8 Å². The van der Waals surface area contributed by atoms with Gasteiger partial charge in [-0.1, -0.05) is 18.3 Å². The average Bonchev–Trinajstić information content (AvgIpc) is 3.15. The second kappa shape index (κ2) is 7.84. The number of hydrogen-bond donors (Lipinski definition) is 3. The Labute approximate surface area is 174 Å². The van der Waals surface area contributed by atoms with Gasteiger partial charge in [-0.3, -0.25) is 28.7 Å². The monoisotopic (exact) mass is 440 g/mol. The number of carbonyl (C=O) groups excluding carboxylic acids is 1. The maximum Gasteiger partial charge on any atom is 0.311 e. The molecule has 4 atom stereocenters. The molecule has 3 rings (SSSR count). The second-order valence-corrected chi connectivity index (χ2v) is 8.79. The number of esters is 1. The van der Waals surface area contributed by atoms with E-state index in [2.05, 4.69) is 9.97 Å². The van der Waals surface area contributed by atoms with Crippen LogP contribution in [0.4, 0.5) is 5.95 Å². The maximum absolute atomic E-state index is 12.7. The zero-order valence-corrected chi connectivity index (χ0v) is 17.8. The Hall–Kier alpha value is -2.73. The highest BCUT2D eigenvalue weighted by molar-refractivity contribution is 7.16. The van der Waals surface area contributed by atoms with Crippen molar-refractivity contribution in [3.8, 4) is 0 Å². The average molecular weight is 440 g/mol. The highest BCUT2D eigenvalue weighted by Crippen LogP contribution is 2.43. The van der Waals surface area contributed by atoms with Gasteiger partial charge in [0.05, 0.1) is 11.5 Å². The van der Waals surface area contributed by atoms with Crippen molar-refractivity contribution < 1.29 is 24.2 Å². The Morgan fingerprint density at radius 3 is 2.70 bits per heavy atom. The Kier molecular flexibility index (Phi) is 5.74. The maximum atomic E-state index is 12.7. The molecule has 11 nitrogen and oxygen atoms in total. The van der Waals surface area contributed by atoms with E-state index in [-0.39, 0.29) is 22.7 Å². The number of carboxylic acid groups (broad SMARTS) is 1. The van der Waals surface area contributed by atoms with Crippen LogP contribution in [-0.2, 0) is 19.1 Å². The number of carboxylic acids is 1. The summed E-state index contributed by atoms with van der Waals surface area (Å²) < 4.78 is 12.7. The smallest absolute Gasteiger partial charge is 0.311 e. The van der Waals surface area contributed by atoms with Crippen LogP contribution in [0, 0.1) is 11.3 Å². The SMILES string of the molecule is CC[C@H]([C@@H]1C[C@@H](OC(C)=O)[C@H](n2c(=O)sc3c(=O)[nH]c(N)nc32)O1)C(C)(C)C(=O)O. The fourth-order valence-corrected chi connectivity index (χ4v) is 4.88. The van der Waals surface area contributed by atoms with E-state index in [1.165, 1.54) is 6.92 Å². The van der Waals surface area contributed by atoms with Crippen molar-refractivity contribution in [1.29, 1.82) is 0 Å². The minimum Gasteiger partial charge on any atom is -0.481 e. The van der Waals surface area contributed by atoms with Gasteiger partial charge in [-0.25, -0.2) is 0 Å². The van der Waals surface area contributed by atoms with Crippen LogP contribution in [0.2, 0.25) is 0 Å². The standard InChI is InChI=1S/C18H24N4O7S/c1-5-8(18(3,4)15(25)26)9-6-10(28-7(2)23)14(29-9)22-12-11(30-17(22)27)13(24)21-16(19)20-12/h8-10,14H,5-6H2,1-4H3,(H,25,26)(H3,19,20,21,24)/t8-,9+,10-,14-/m1/s1. The van der Waals surface area contributed by atoms with E-state index in [1.54, 1.807) is 13.8 Å². The molecule has 2 aromatic heterocycles. The van der Waals surface area contributed by atoms with Gasteiger partial charge in [-0.05, 0) is 20.3 Å². The van der Waals surface area contributed by atoms with Crippen LogP contribution in [0.5, 0.6) is 0 Å². The number of aromatic amines is 1. The predicted molar refractivity (Wildman–Crippen MR) is 108 cm³/mol. The van der Waals surface area contributed by atoms with Crippen LogP contribution in [0.15, 0.2) is 9.59 Å². The van der Waals surface area contributed by atoms with Crippen LogP contribution in [0.25, 0.3) is 10.3 Å². The lowest BCUT2D eigenvalue weighted by Crippen LogP contribution is -2.39. The molecule has 164 valence electrons. The first-order valence-electron chi connectivity index (χ1n) is 9.44. The molecule has 3 heterocycles. The number of ether oxygens (including phenoxy) is 2. The Morgan fingerprint density at radius 2 is 2.13 bits per heavy atom. The summed E-state index contributed by atoms with van der Waals surface area (Å²) in [4.78, 5) is 54.2. The zero-order valence-electron chi connectivity index (χ0n) is 17.0. The summed E-state index contributed by atoms with van der Waals surface area (Å²) in [5, 5.41) is 9.65. The van der Waals surface area contributed by atoms with Gasteiger partial charge in [-0.2, -0.15) is 4.98 Å². The van der Waals surface area contributed by atoms with Crippen molar-refractivity contribution in [3.63, 3.8) is 0 Å². The molecule has 0 bridgehead atoms. The van der Waals surface area contributed by atoms with Gasteiger partial charge in [0, 0.05) is 19.3 Å². The van der Waals surface area contributed by atoms with Crippen LogP contribution < -0.4 is 16.2 Å². The minimum absolute atomic E-state index is 0.0274. The lowest BCUT2D eigenvalue weighted by molar-refractivity contribution is -0.156. The molecule has 1 aliphatic rings. The molecule has 0 unspecified atom stereocenters. The fraction of sp³-hybridized carbons (Fsp3) is 0.611. The van der Waals surface area contributed by atoms with Crippen LogP contribution in [0.3, 0.4) is 0 Å². The number of fused-ring (bicyclic) bond motifs is 1. The number of nitrogen functional groups attached to an aromatic ring is 1. The molecule has 1 aliphatic heterocycles. The summed E-state index contributed by atoms with van der Waals surface area (Å²) in [5.74, 6) is -2.14. The molecule has 12 heteroatoms. The number of nitrogens with zero attached hydrogens (tertiary/aromatic N) is 2. The molecule has 0 amide bonds. The third kappa shape index (κ3) is 3.72. The van der Waals surface area contributed by atoms with Gasteiger partial charge < -0.3 is 20.3 Å². The summed E-state index contributed by atoms with van der Waals surface area (Å²) in [5.41, 5.74) is 3.99. The number of rotatable bonds is 6. The molecule has 0 saturated carbocycles. The summed E-state index contributed by atoms with van der Waals surface area (Å²) in [6.07, 6.45) is -1.83. The van der Waals surface area contributed by atoms with Crippen molar-refractivity contribution in [2.75, 3.05) is 5.73 Å². The van der Waals surface area contributed by atoms with Crippen LogP contribution >= 0.6 is 11.3 Å². The van der Waals surface area contributed by atoms with Gasteiger partial charge in [-0.15, -0.1) is 0 Å². The highest BCUT2D eigenvalue weighted by atomic mass is 32.1. The molecular weight excluding hydrogens is 416 g/mol. The Morgan fingerprint density at radius 1 is 1.47 bits per heavy atom. The van der Waals surface area contributed by atoms with E-state index >= 15 is 0 Å². The number of anilines is 1. The predicted octanol–water partition coefficient (Wildman–Crippen LogP) is 1.08. The number of hydrogen-bond acceptors (Lipinski definition) is 9. The molecule has 0 radical (unpaired) electrons. The highest BCUT2D eigenvalue weighted by Gasteiger charge is 2.49. The first-order valence-corrected chi connectivity index (χ1v) is 10.3. The minimum atomic E-state index is -1.11. The first-order chi connectivity index (χ1) is 14.0. The van der Waals surface area contributed by atoms with E-state index in [9.17, 15) is 24.3 Å². The van der Waals surface area contributed by atoms with E-state index in [4.69, 9.17) is 15.2 Å². The summed E-state index contributed by atoms with van der Waals surface area (Å²) in [6.45, 7) is 6.29. The molecular formula is C18H24N4O7S. The molecule has 0 spiro atoms. The van der Waals surface area contributed by atoms with E-state index < -0.39 is 52.1 Å². The molecule has 4 N–H and O–H groups in total. The first kappa shape index (κ1) is 22.0. The number of aromatic nitrogens is 3. The zero-order chi connectivity index (χ0) is 22.4. The van der Waals surface area contributed by atoms with Gasteiger partial charge in [0.15, 0.2) is 11.9 Å². The van der Waals surface area contributed by atoms with E-state index in [0.29, 0.717) is 17.8 Å². The van der Waals surface area contributed by atoms with Gasteiger partial charge in [0.25, 0.3) is 5.56 Å². The Balaban J connectivity index is 2.09. The largest absolute Gasteiger partial charge is 0.481 e. The Bertz CT molecular complexity index is 1100. The fourth-order valence-electron chi connectivity index (χ4n) is 4.04. The number of nitrogens with one attached hydrogen (secondary N) is 1. The van der Waals surface area contributed by atoms with Crippen LogP contribution in [-0.4, -0.2) is 43.8 Å². The van der Waals surface area contributed by atoms with Crippen LogP contribution in [0.1, 0.15) is 46.8 Å². The normalized spacial score (nSPS) is 22.9. The molecule has 30 heavy (non-hydrogen) atoms. The van der Waals surface area contributed by atoms with Crippen molar-refractivity contribution >= 4 is 39.6 Å². The molecule has 0 aliphatic carbocycles. The third-order valence-corrected chi connectivity index (χ3v) is 6.47. The molecule has 2 aromatic rings. The van der Waals surface area contributed by atoms with E-state index in [0.717, 1.165) is 4.57 Å². The topological polar surface area (TPSA) is 167 Å². The van der Waals surface area contributed by atoms with Gasteiger partial charge in [0.2, 0.25) is 5.95 Å². The summed E-state index contributed by atoms with van der Waals surface area (Å²) in [6, 6.07) is 0. The number of aliphatic carboxylic acids is 1. The number of carbonyl (C=O) groups is 2. The third-order valence-electron chi connectivity index (χ3n) is 5.53. The molecule has 0 aromatic carbocycles. The van der Waals surface area contributed by atoms with Crippen molar-refractivity contribution in [2.24, 2.45) is 11.3 Å². The summed E-state index contributed by atoms with van der Waals surface area (Å²) >= 11 is 0.679. The number of nitrogens with two attached hydrogens (primary N) is 1. The van der Waals surface area contributed by atoms with E-state index in [1.807, 2.05) is 6.92 Å². The quantitative estimate of drug-likeness (QED) is 0.557. The van der Waals surface area contributed by atoms with Crippen molar-refractivity contribution in [3.05, 3.63) is 20.0 Å². The molecule has 1 fully saturated rings. The molecule has 1 saturated heterocycles. The lowest BCUT2D eigenvalue weighted by Gasteiger charge is -2.33. The summed E-state index contributed by atoms with van der Waals surface area (Å²) in [7, 11) is 0. The lowest BCUT2D eigenvalue weighted by atomic mass is 9.73. The van der Waals surface area contributed by atoms with Crippen molar-refractivity contribution in [1.82, 2.24) is 14.5 Å². The second-order valence-electron chi connectivity index (χ2n) is 7.83. The number of thiazole rings is 1. The number of H-pyrrole nitrogens is 1. The van der Waals surface area contributed by atoms with Gasteiger partial charge in [0.1, 0.15) is 10.8 Å².